The third kappa shape index (κ3) is 5.04. The van der Waals surface area contributed by atoms with Gasteiger partial charge in [0.15, 0.2) is 0 Å². The molecular weight excluding hydrogens is 442 g/mol. The highest BCUT2D eigenvalue weighted by molar-refractivity contribution is 7.89. The smallest absolute Gasteiger partial charge is 0.243 e. The molecule has 3 rings (SSSR count). The predicted molar refractivity (Wildman–Crippen MR) is 128 cm³/mol. The van der Waals surface area contributed by atoms with Gasteiger partial charge in [0.25, 0.3) is 0 Å². The monoisotopic (exact) mass is 473 g/mol. The average molecular weight is 474 g/mol. The van der Waals surface area contributed by atoms with Gasteiger partial charge in [-0.2, -0.15) is 4.31 Å². The van der Waals surface area contributed by atoms with Crippen LogP contribution in [0.4, 0.5) is 11.4 Å². The molecule has 8 nitrogen and oxygen atoms in total. The van der Waals surface area contributed by atoms with Crippen molar-refractivity contribution in [1.82, 2.24) is 4.31 Å². The van der Waals surface area contributed by atoms with Crippen LogP contribution in [0.25, 0.3) is 0 Å². The molecule has 2 aromatic rings. The van der Waals surface area contributed by atoms with Gasteiger partial charge >= 0.3 is 0 Å². The molecule has 0 spiro atoms. The second-order valence-corrected chi connectivity index (χ2v) is 9.77. The fourth-order valence-electron chi connectivity index (χ4n) is 4.08. The molecule has 2 amide bonds. The quantitative estimate of drug-likeness (QED) is 0.603. The summed E-state index contributed by atoms with van der Waals surface area (Å²) in [6, 6.07) is 12.1. The number of nitrogens with zero attached hydrogens (tertiary/aromatic N) is 2. The summed E-state index contributed by atoms with van der Waals surface area (Å²) in [6.45, 7) is 6.51. The Morgan fingerprint density at radius 1 is 1.15 bits per heavy atom. The number of methoxy groups -OCH3 is 1. The molecule has 0 radical (unpaired) electrons. The number of carbonyl (C=O) groups excluding carboxylic acids is 2. The zero-order valence-corrected chi connectivity index (χ0v) is 20.3. The minimum Gasteiger partial charge on any atom is -0.495 e. The SMILES string of the molecule is CCc1ccccc1N1CC(C(=O)Nc2cc(S(=O)(=O)N(CC)CC)ccc2OC)CC1=O. The molecule has 178 valence electrons. The maximum Gasteiger partial charge on any atom is 0.243 e. The minimum atomic E-state index is -3.70. The topological polar surface area (TPSA) is 96.0 Å². The van der Waals surface area contributed by atoms with Crippen LogP contribution in [0.3, 0.4) is 0 Å². The zero-order valence-electron chi connectivity index (χ0n) is 19.5. The molecule has 1 N–H and O–H groups in total. The van der Waals surface area contributed by atoms with E-state index in [1.54, 1.807) is 18.7 Å². The lowest BCUT2D eigenvalue weighted by atomic mass is 10.1. The van der Waals surface area contributed by atoms with Gasteiger partial charge in [-0.3, -0.25) is 9.59 Å². The Labute approximate surface area is 195 Å². The number of carbonyl (C=O) groups is 2. The van der Waals surface area contributed by atoms with Crippen LogP contribution in [0.1, 0.15) is 32.8 Å². The van der Waals surface area contributed by atoms with E-state index in [1.807, 2.05) is 31.2 Å². The summed E-state index contributed by atoms with van der Waals surface area (Å²) >= 11 is 0. The van der Waals surface area contributed by atoms with Crippen LogP contribution in [0, 0.1) is 5.92 Å². The number of nitrogens with one attached hydrogen (secondary N) is 1. The largest absolute Gasteiger partial charge is 0.495 e. The highest BCUT2D eigenvalue weighted by Gasteiger charge is 2.36. The number of hydrogen-bond donors (Lipinski definition) is 1. The third-order valence-electron chi connectivity index (χ3n) is 5.93. The van der Waals surface area contributed by atoms with Crippen molar-refractivity contribution in [1.29, 1.82) is 0 Å². The number of aryl methyl sites for hydroxylation is 1. The van der Waals surface area contributed by atoms with Gasteiger partial charge in [-0.15, -0.1) is 0 Å². The van der Waals surface area contributed by atoms with Crippen LogP contribution in [-0.4, -0.2) is 51.3 Å². The molecule has 0 aliphatic carbocycles. The zero-order chi connectivity index (χ0) is 24.2. The Balaban J connectivity index is 1.83. The summed E-state index contributed by atoms with van der Waals surface area (Å²) in [5, 5.41) is 2.79. The summed E-state index contributed by atoms with van der Waals surface area (Å²) in [4.78, 5) is 27.5. The highest BCUT2D eigenvalue weighted by Crippen LogP contribution is 2.32. The van der Waals surface area contributed by atoms with Crippen LogP contribution >= 0.6 is 0 Å². The minimum absolute atomic E-state index is 0.0725. The van der Waals surface area contributed by atoms with Crippen LogP contribution in [0.15, 0.2) is 47.4 Å². The molecule has 0 aromatic heterocycles. The first kappa shape index (κ1) is 24.7. The summed E-state index contributed by atoms with van der Waals surface area (Å²) in [5.41, 5.74) is 2.13. The molecular formula is C24H31N3O5S. The Bertz CT molecular complexity index is 1130. The highest BCUT2D eigenvalue weighted by atomic mass is 32.2. The van der Waals surface area contributed by atoms with E-state index in [2.05, 4.69) is 5.32 Å². The maximum absolute atomic E-state index is 13.1. The normalized spacial score (nSPS) is 16.3. The molecule has 1 unspecified atom stereocenters. The number of para-hydroxylation sites is 1. The summed E-state index contributed by atoms with van der Waals surface area (Å²) in [7, 11) is -2.25. The Morgan fingerprint density at radius 3 is 2.48 bits per heavy atom. The lowest BCUT2D eigenvalue weighted by Gasteiger charge is -2.21. The summed E-state index contributed by atoms with van der Waals surface area (Å²) in [5.74, 6) is -0.675. The summed E-state index contributed by atoms with van der Waals surface area (Å²) in [6.07, 6.45) is 0.867. The number of hydrogen-bond acceptors (Lipinski definition) is 5. The first-order valence-electron chi connectivity index (χ1n) is 11.1. The van der Waals surface area contributed by atoms with Crippen LogP contribution in [0.2, 0.25) is 0 Å². The van der Waals surface area contributed by atoms with E-state index in [0.29, 0.717) is 18.8 Å². The van der Waals surface area contributed by atoms with Gasteiger partial charge in [0.05, 0.1) is 23.6 Å². The van der Waals surface area contributed by atoms with Gasteiger partial charge in [0.1, 0.15) is 5.75 Å². The van der Waals surface area contributed by atoms with Crippen LogP contribution in [-0.2, 0) is 26.0 Å². The van der Waals surface area contributed by atoms with E-state index in [-0.39, 0.29) is 35.4 Å². The van der Waals surface area contributed by atoms with Crippen molar-refractivity contribution in [3.8, 4) is 5.75 Å². The fourth-order valence-corrected chi connectivity index (χ4v) is 5.57. The van der Waals surface area contributed by atoms with E-state index in [4.69, 9.17) is 4.74 Å². The van der Waals surface area contributed by atoms with Crippen molar-refractivity contribution in [3.05, 3.63) is 48.0 Å². The second-order valence-electron chi connectivity index (χ2n) is 7.83. The van der Waals surface area contributed by atoms with Gasteiger partial charge in [-0.25, -0.2) is 8.42 Å². The first-order chi connectivity index (χ1) is 15.8. The second kappa shape index (κ2) is 10.4. The Morgan fingerprint density at radius 2 is 1.85 bits per heavy atom. The van der Waals surface area contributed by atoms with Crippen molar-refractivity contribution >= 4 is 33.2 Å². The molecule has 2 aromatic carbocycles. The molecule has 0 saturated carbocycles. The Hall–Kier alpha value is -2.91. The molecule has 1 aliphatic heterocycles. The number of ether oxygens (including phenoxy) is 1. The molecule has 33 heavy (non-hydrogen) atoms. The van der Waals surface area contributed by atoms with Gasteiger partial charge in [-0.05, 0) is 36.2 Å². The Kier molecular flexibility index (Phi) is 7.76. The lowest BCUT2D eigenvalue weighted by Crippen LogP contribution is -2.31. The fraction of sp³-hybridized carbons (Fsp3) is 0.417. The van der Waals surface area contributed by atoms with Crippen molar-refractivity contribution in [2.75, 3.05) is 37.0 Å². The predicted octanol–water partition coefficient (Wildman–Crippen LogP) is 3.28. The van der Waals surface area contributed by atoms with Gasteiger partial charge in [0.2, 0.25) is 21.8 Å². The molecule has 1 saturated heterocycles. The van der Waals surface area contributed by atoms with Gasteiger partial charge < -0.3 is 15.0 Å². The van der Waals surface area contributed by atoms with E-state index in [0.717, 1.165) is 17.7 Å². The van der Waals surface area contributed by atoms with Gasteiger partial charge in [0, 0.05) is 31.7 Å². The molecule has 1 fully saturated rings. The molecule has 1 heterocycles. The number of anilines is 2. The molecule has 0 bridgehead atoms. The van der Waals surface area contributed by atoms with Crippen molar-refractivity contribution < 1.29 is 22.7 Å². The average Bonchev–Trinajstić information content (AvgIpc) is 3.21. The van der Waals surface area contributed by atoms with Gasteiger partial charge in [-0.1, -0.05) is 39.0 Å². The number of rotatable bonds is 9. The van der Waals surface area contributed by atoms with Crippen molar-refractivity contribution in [2.24, 2.45) is 5.92 Å². The number of sulfonamides is 1. The third-order valence-corrected chi connectivity index (χ3v) is 7.98. The molecule has 1 aliphatic rings. The molecule has 1 atom stereocenters. The van der Waals surface area contributed by atoms with E-state index in [9.17, 15) is 18.0 Å². The standard InChI is InChI=1S/C24H31N3O5S/c1-5-17-10-8-9-11-21(17)27-16-18(14-23(27)28)24(29)25-20-15-19(12-13-22(20)32-4)33(30,31)26(6-2)7-3/h8-13,15,18H,5-7,14,16H2,1-4H3,(H,25,29). The van der Waals surface area contributed by atoms with Crippen LogP contribution < -0.4 is 15.0 Å². The van der Waals surface area contributed by atoms with E-state index in [1.165, 1.54) is 29.6 Å². The van der Waals surface area contributed by atoms with Crippen molar-refractivity contribution in [2.45, 2.75) is 38.5 Å². The van der Waals surface area contributed by atoms with Crippen molar-refractivity contribution in [3.63, 3.8) is 0 Å². The number of benzene rings is 2. The van der Waals surface area contributed by atoms with E-state index < -0.39 is 15.9 Å². The summed E-state index contributed by atoms with van der Waals surface area (Å²) < 4.78 is 32.5. The van der Waals surface area contributed by atoms with E-state index >= 15 is 0 Å². The maximum atomic E-state index is 13.1. The first-order valence-corrected chi connectivity index (χ1v) is 12.6. The van der Waals surface area contributed by atoms with Crippen LogP contribution in [0.5, 0.6) is 5.75 Å². The number of amides is 2. The molecule has 9 heteroatoms. The lowest BCUT2D eigenvalue weighted by molar-refractivity contribution is -0.122.